The first kappa shape index (κ1) is 28.9. The molecule has 0 aliphatic heterocycles. The summed E-state index contributed by atoms with van der Waals surface area (Å²) in [5, 5.41) is 10.1. The standard InChI is InChI=1S/C27H30Cl2F3N5O3/c28-20-10-18(40-27(30,31)32)11-21(29)19(20)12-24-35-22-13-34-23(9-14-2-1-3-17(38)8-14)36-26(22)37(24)16-6-4-15(5-7-16)25(33)39/h10-11,13-17,38H,1-9,12H2,(H2,33,39)/t14-,15?,16?,17?/m1/s1. The maximum absolute atomic E-state index is 12.7. The van der Waals surface area contributed by atoms with Gasteiger partial charge in [-0.05, 0) is 68.6 Å². The Morgan fingerprint density at radius 1 is 1.10 bits per heavy atom. The Balaban J connectivity index is 1.50. The molecule has 13 heteroatoms. The molecule has 3 aromatic rings. The Hall–Kier alpha value is -2.63. The molecule has 1 unspecified atom stereocenters. The first-order chi connectivity index (χ1) is 19.0. The molecule has 2 aliphatic carbocycles. The maximum Gasteiger partial charge on any atom is 0.573 e. The van der Waals surface area contributed by atoms with Gasteiger partial charge < -0.3 is 20.1 Å². The summed E-state index contributed by atoms with van der Waals surface area (Å²) in [5.74, 6) is 0.529. The van der Waals surface area contributed by atoms with Gasteiger partial charge in [0.25, 0.3) is 0 Å². The molecule has 216 valence electrons. The zero-order valence-corrected chi connectivity index (χ0v) is 23.1. The van der Waals surface area contributed by atoms with Crippen LogP contribution in [0.3, 0.4) is 0 Å². The molecular weight excluding hydrogens is 570 g/mol. The number of imidazole rings is 1. The Bertz CT molecular complexity index is 1370. The van der Waals surface area contributed by atoms with Crippen LogP contribution < -0.4 is 10.5 Å². The van der Waals surface area contributed by atoms with E-state index in [4.69, 9.17) is 38.9 Å². The first-order valence-electron chi connectivity index (χ1n) is 13.4. The zero-order valence-electron chi connectivity index (χ0n) is 21.6. The van der Waals surface area contributed by atoms with Gasteiger partial charge in [0.1, 0.15) is 22.9 Å². The van der Waals surface area contributed by atoms with Crippen LogP contribution in [0.15, 0.2) is 18.3 Å². The molecule has 2 saturated carbocycles. The van der Waals surface area contributed by atoms with Gasteiger partial charge in [-0.15, -0.1) is 13.2 Å². The van der Waals surface area contributed by atoms with Crippen LogP contribution in [0.4, 0.5) is 13.2 Å². The molecule has 0 bridgehead atoms. The lowest BCUT2D eigenvalue weighted by Crippen LogP contribution is -2.29. The lowest BCUT2D eigenvalue weighted by Gasteiger charge is -2.29. The quantitative estimate of drug-likeness (QED) is 0.347. The second-order valence-corrected chi connectivity index (χ2v) is 11.6. The first-order valence-corrected chi connectivity index (χ1v) is 14.2. The normalized spacial score (nSPS) is 23.9. The molecule has 40 heavy (non-hydrogen) atoms. The third-order valence-corrected chi connectivity index (χ3v) is 8.60. The van der Waals surface area contributed by atoms with E-state index in [0.717, 1.165) is 31.4 Å². The van der Waals surface area contributed by atoms with E-state index in [1.54, 1.807) is 6.20 Å². The van der Waals surface area contributed by atoms with Crippen molar-refractivity contribution in [3.8, 4) is 5.75 Å². The Morgan fingerprint density at radius 2 is 1.80 bits per heavy atom. The molecule has 0 spiro atoms. The smallest absolute Gasteiger partial charge is 0.406 e. The van der Waals surface area contributed by atoms with Crippen LogP contribution in [-0.2, 0) is 17.6 Å². The fourth-order valence-corrected chi connectivity index (χ4v) is 6.60. The summed E-state index contributed by atoms with van der Waals surface area (Å²) in [4.78, 5) is 26.0. The minimum absolute atomic E-state index is 0.0189. The Kier molecular flexibility index (Phi) is 8.45. The van der Waals surface area contributed by atoms with E-state index < -0.39 is 12.1 Å². The largest absolute Gasteiger partial charge is 0.573 e. The van der Waals surface area contributed by atoms with E-state index >= 15 is 0 Å². The van der Waals surface area contributed by atoms with Crippen LogP contribution in [0.25, 0.3) is 11.2 Å². The van der Waals surface area contributed by atoms with Gasteiger partial charge in [0.15, 0.2) is 5.65 Å². The number of carbonyl (C=O) groups excluding carboxylic acids is 1. The second-order valence-electron chi connectivity index (χ2n) is 10.8. The lowest BCUT2D eigenvalue weighted by atomic mass is 9.85. The summed E-state index contributed by atoms with van der Waals surface area (Å²) in [7, 11) is 0. The van der Waals surface area contributed by atoms with E-state index in [-0.39, 0.29) is 46.4 Å². The van der Waals surface area contributed by atoms with Crippen molar-refractivity contribution in [2.24, 2.45) is 17.6 Å². The highest BCUT2D eigenvalue weighted by Crippen LogP contribution is 2.38. The van der Waals surface area contributed by atoms with Crippen LogP contribution in [0.1, 0.15) is 74.6 Å². The summed E-state index contributed by atoms with van der Waals surface area (Å²) >= 11 is 12.8. The summed E-state index contributed by atoms with van der Waals surface area (Å²) in [6.45, 7) is 0. The van der Waals surface area contributed by atoms with Crippen molar-refractivity contribution in [2.45, 2.75) is 82.7 Å². The van der Waals surface area contributed by atoms with E-state index in [1.165, 1.54) is 0 Å². The highest BCUT2D eigenvalue weighted by molar-refractivity contribution is 6.36. The van der Waals surface area contributed by atoms with E-state index in [0.29, 0.717) is 66.9 Å². The van der Waals surface area contributed by atoms with Crippen molar-refractivity contribution in [1.29, 1.82) is 0 Å². The monoisotopic (exact) mass is 599 g/mol. The molecule has 1 aromatic carbocycles. The number of aromatic nitrogens is 4. The number of benzene rings is 1. The van der Waals surface area contributed by atoms with Crippen LogP contribution in [-0.4, -0.2) is 43.0 Å². The molecule has 2 heterocycles. The molecular formula is C27H30Cl2F3N5O3. The van der Waals surface area contributed by atoms with Gasteiger partial charge in [-0.1, -0.05) is 29.6 Å². The highest BCUT2D eigenvalue weighted by Gasteiger charge is 2.33. The third-order valence-electron chi connectivity index (χ3n) is 7.93. The molecule has 1 amide bonds. The molecule has 2 aliphatic rings. The number of hydrogen-bond donors (Lipinski definition) is 2. The van der Waals surface area contributed by atoms with Crippen molar-refractivity contribution in [3.63, 3.8) is 0 Å². The summed E-state index contributed by atoms with van der Waals surface area (Å²) in [6, 6.07) is 2.13. The van der Waals surface area contributed by atoms with Crippen LogP contribution >= 0.6 is 23.2 Å². The summed E-state index contributed by atoms with van der Waals surface area (Å²) in [5.41, 5.74) is 7.17. The number of aliphatic hydroxyl groups excluding tert-OH is 1. The van der Waals surface area contributed by atoms with Gasteiger partial charge in [0.2, 0.25) is 5.91 Å². The SMILES string of the molecule is NC(=O)C1CCC(n2c(Cc3c(Cl)cc(OC(F)(F)F)cc3Cl)nc3cnc(C[C@@H]4CCCC(O)C4)nc32)CC1. The second kappa shape index (κ2) is 11.7. The van der Waals surface area contributed by atoms with Gasteiger partial charge in [-0.3, -0.25) is 4.79 Å². The van der Waals surface area contributed by atoms with E-state index in [9.17, 15) is 23.1 Å². The van der Waals surface area contributed by atoms with E-state index in [1.807, 2.05) is 4.57 Å². The van der Waals surface area contributed by atoms with Gasteiger partial charge in [0.05, 0.1) is 12.3 Å². The molecule has 0 radical (unpaired) electrons. The maximum atomic E-state index is 12.7. The van der Waals surface area contributed by atoms with Crippen molar-refractivity contribution in [1.82, 2.24) is 19.5 Å². The summed E-state index contributed by atoms with van der Waals surface area (Å²) in [6.07, 6.45) is 3.39. The van der Waals surface area contributed by atoms with Crippen molar-refractivity contribution in [2.75, 3.05) is 0 Å². The van der Waals surface area contributed by atoms with Crippen LogP contribution in [0.2, 0.25) is 10.0 Å². The molecule has 2 aromatic heterocycles. The van der Waals surface area contributed by atoms with Crippen LogP contribution in [0.5, 0.6) is 5.75 Å². The number of rotatable bonds is 7. The molecule has 3 N–H and O–H groups in total. The number of carbonyl (C=O) groups is 1. The number of hydrogen-bond acceptors (Lipinski definition) is 6. The lowest BCUT2D eigenvalue weighted by molar-refractivity contribution is -0.274. The number of halogens is 5. The predicted octanol–water partition coefficient (Wildman–Crippen LogP) is 5.93. The van der Waals surface area contributed by atoms with E-state index in [2.05, 4.69) is 9.72 Å². The van der Waals surface area contributed by atoms with Crippen molar-refractivity contribution in [3.05, 3.63) is 45.6 Å². The number of aliphatic hydroxyl groups is 1. The highest BCUT2D eigenvalue weighted by atomic mass is 35.5. The van der Waals surface area contributed by atoms with Gasteiger partial charge in [-0.2, -0.15) is 0 Å². The molecule has 0 saturated heterocycles. The average molecular weight is 600 g/mol. The number of primary amides is 1. The fraction of sp³-hybridized carbons (Fsp3) is 0.556. The molecule has 2 fully saturated rings. The number of fused-ring (bicyclic) bond motifs is 1. The molecule has 5 rings (SSSR count). The number of nitrogens with two attached hydrogens (primary N) is 1. The van der Waals surface area contributed by atoms with Gasteiger partial charge in [-0.25, -0.2) is 15.0 Å². The number of amides is 1. The Morgan fingerprint density at radius 3 is 2.42 bits per heavy atom. The average Bonchev–Trinajstić information content (AvgIpc) is 3.22. The number of nitrogens with zero attached hydrogens (tertiary/aromatic N) is 4. The van der Waals surface area contributed by atoms with Crippen molar-refractivity contribution < 1.29 is 27.8 Å². The predicted molar refractivity (Wildman–Crippen MR) is 143 cm³/mol. The minimum atomic E-state index is -4.88. The third kappa shape index (κ3) is 6.63. The van der Waals surface area contributed by atoms with Crippen molar-refractivity contribution >= 4 is 40.3 Å². The fourth-order valence-electron chi connectivity index (χ4n) is 6.00. The van der Waals surface area contributed by atoms with Crippen LogP contribution in [0, 0.1) is 11.8 Å². The van der Waals surface area contributed by atoms with Gasteiger partial charge >= 0.3 is 6.36 Å². The molecule has 2 atom stereocenters. The topological polar surface area (TPSA) is 116 Å². The number of alkyl halides is 3. The Labute approximate surface area is 239 Å². The minimum Gasteiger partial charge on any atom is -0.406 e. The number of ether oxygens (including phenoxy) is 1. The molecule has 8 nitrogen and oxygen atoms in total. The van der Waals surface area contributed by atoms with Gasteiger partial charge in [0, 0.05) is 34.8 Å². The zero-order chi connectivity index (χ0) is 28.6. The summed E-state index contributed by atoms with van der Waals surface area (Å²) < 4.78 is 44.2.